The summed E-state index contributed by atoms with van der Waals surface area (Å²) in [6.07, 6.45) is -0.429. The van der Waals surface area contributed by atoms with E-state index < -0.39 is 6.10 Å². The Morgan fingerprint density at radius 2 is 2.38 bits per heavy atom. The number of halogens is 2. The van der Waals surface area contributed by atoms with E-state index in [2.05, 4.69) is 15.9 Å². The molecule has 3 nitrogen and oxygen atoms in total. The summed E-state index contributed by atoms with van der Waals surface area (Å²) in [5.41, 5.74) is 0.685. The van der Waals surface area contributed by atoms with Gasteiger partial charge in [-0.3, -0.25) is 4.79 Å². The van der Waals surface area contributed by atoms with E-state index >= 15 is 0 Å². The van der Waals surface area contributed by atoms with E-state index in [0.717, 1.165) is 0 Å². The fourth-order valence-corrected chi connectivity index (χ4v) is 2.16. The molecule has 5 heteroatoms. The van der Waals surface area contributed by atoms with E-state index in [0.29, 0.717) is 17.9 Å². The van der Waals surface area contributed by atoms with E-state index in [1.54, 1.807) is 6.07 Å². The highest BCUT2D eigenvalue weighted by Crippen LogP contribution is 2.38. The van der Waals surface area contributed by atoms with Crippen LogP contribution in [-0.2, 0) is 9.53 Å². The molecule has 1 aliphatic heterocycles. The van der Waals surface area contributed by atoms with Gasteiger partial charge < -0.3 is 9.47 Å². The zero-order chi connectivity index (χ0) is 11.7. The lowest BCUT2D eigenvalue weighted by atomic mass is 10.0. The normalized spacial score (nSPS) is 23.2. The van der Waals surface area contributed by atoms with Crippen molar-refractivity contribution in [1.82, 2.24) is 0 Å². The van der Waals surface area contributed by atoms with Gasteiger partial charge in [-0.2, -0.15) is 0 Å². The van der Waals surface area contributed by atoms with Crippen LogP contribution in [0.5, 0.6) is 5.75 Å². The average Bonchev–Trinajstić information content (AvgIpc) is 2.22. The van der Waals surface area contributed by atoms with Crippen molar-refractivity contribution < 1.29 is 18.7 Å². The molecule has 0 radical (unpaired) electrons. The van der Waals surface area contributed by atoms with Crippen LogP contribution in [0.25, 0.3) is 0 Å². The minimum atomic E-state index is -0.429. The Morgan fingerprint density at radius 1 is 1.62 bits per heavy atom. The van der Waals surface area contributed by atoms with Crippen LogP contribution in [0.2, 0.25) is 0 Å². The maximum Gasteiger partial charge on any atom is 0.303 e. The van der Waals surface area contributed by atoms with Crippen molar-refractivity contribution in [2.45, 2.75) is 17.9 Å². The zero-order valence-corrected chi connectivity index (χ0v) is 10.2. The van der Waals surface area contributed by atoms with Gasteiger partial charge in [0.1, 0.15) is 24.3 Å². The summed E-state index contributed by atoms with van der Waals surface area (Å²) in [6.45, 7) is 1.69. The molecule has 0 N–H and O–H groups in total. The lowest BCUT2D eigenvalue weighted by Gasteiger charge is -2.29. The molecule has 0 saturated carbocycles. The van der Waals surface area contributed by atoms with Gasteiger partial charge in [-0.1, -0.05) is 15.9 Å². The van der Waals surface area contributed by atoms with E-state index in [-0.39, 0.29) is 16.6 Å². The van der Waals surface area contributed by atoms with Gasteiger partial charge in [0.2, 0.25) is 0 Å². The maximum absolute atomic E-state index is 13.0. The van der Waals surface area contributed by atoms with Crippen LogP contribution in [-0.4, -0.2) is 17.4 Å². The molecule has 1 aliphatic rings. The Morgan fingerprint density at radius 3 is 3.06 bits per heavy atom. The molecule has 0 bridgehead atoms. The third-order valence-corrected chi connectivity index (χ3v) is 3.05. The van der Waals surface area contributed by atoms with Crippen molar-refractivity contribution in [1.29, 1.82) is 0 Å². The second-order valence-electron chi connectivity index (χ2n) is 3.54. The average molecular weight is 289 g/mol. The molecule has 0 amide bonds. The number of carbonyl (C=O) groups excluding carboxylic acids is 1. The predicted octanol–water partition coefficient (Wildman–Crippen LogP) is 2.59. The molecular formula is C11H10BrFO3. The molecule has 1 aromatic rings. The summed E-state index contributed by atoms with van der Waals surface area (Å²) < 4.78 is 23.5. The molecule has 86 valence electrons. The largest absolute Gasteiger partial charge is 0.492 e. The number of benzene rings is 1. The number of esters is 1. The first kappa shape index (κ1) is 11.4. The molecular weight excluding hydrogens is 279 g/mol. The summed E-state index contributed by atoms with van der Waals surface area (Å²) in [6, 6.07) is 4.19. The van der Waals surface area contributed by atoms with Gasteiger partial charge in [0.25, 0.3) is 0 Å². The molecule has 0 saturated heterocycles. The minimum absolute atomic E-state index is 0.116. The fourth-order valence-electron chi connectivity index (χ4n) is 1.64. The van der Waals surface area contributed by atoms with Crippen LogP contribution in [0.1, 0.15) is 18.6 Å². The predicted molar refractivity (Wildman–Crippen MR) is 59.1 cm³/mol. The highest BCUT2D eigenvalue weighted by Gasteiger charge is 2.31. The second kappa shape index (κ2) is 4.41. The first-order valence-electron chi connectivity index (χ1n) is 4.81. The van der Waals surface area contributed by atoms with Crippen molar-refractivity contribution in [2.24, 2.45) is 0 Å². The Labute approximate surface area is 101 Å². The Hall–Kier alpha value is -1.10. The van der Waals surface area contributed by atoms with Gasteiger partial charge in [0.05, 0.1) is 4.83 Å². The second-order valence-corrected chi connectivity index (χ2v) is 4.72. The SMILES string of the molecule is CC(=O)O[C@H]1c2ccc(F)cc2OC[C@H]1Br. The summed E-state index contributed by atoms with van der Waals surface area (Å²) in [5, 5.41) is 0. The number of hydrogen-bond acceptors (Lipinski definition) is 3. The van der Waals surface area contributed by atoms with Crippen LogP contribution < -0.4 is 4.74 Å². The van der Waals surface area contributed by atoms with E-state index in [9.17, 15) is 9.18 Å². The Kier molecular flexibility index (Phi) is 3.14. The molecule has 1 heterocycles. The highest BCUT2D eigenvalue weighted by molar-refractivity contribution is 9.09. The molecule has 0 spiro atoms. The molecule has 16 heavy (non-hydrogen) atoms. The first-order valence-corrected chi connectivity index (χ1v) is 5.73. The molecule has 2 atom stereocenters. The van der Waals surface area contributed by atoms with E-state index in [1.165, 1.54) is 19.1 Å². The van der Waals surface area contributed by atoms with Crippen molar-refractivity contribution in [3.63, 3.8) is 0 Å². The smallest absolute Gasteiger partial charge is 0.303 e. The summed E-state index contributed by atoms with van der Waals surface area (Å²) >= 11 is 3.38. The van der Waals surface area contributed by atoms with E-state index in [4.69, 9.17) is 9.47 Å². The van der Waals surface area contributed by atoms with Crippen LogP contribution in [0.4, 0.5) is 4.39 Å². The Bertz CT molecular complexity index is 422. The molecule has 0 fully saturated rings. The number of rotatable bonds is 1. The highest BCUT2D eigenvalue weighted by atomic mass is 79.9. The number of carbonyl (C=O) groups is 1. The molecule has 2 rings (SSSR count). The third-order valence-electron chi connectivity index (χ3n) is 2.30. The topological polar surface area (TPSA) is 35.5 Å². The first-order chi connectivity index (χ1) is 7.58. The Balaban J connectivity index is 2.36. The third kappa shape index (κ3) is 2.19. The maximum atomic E-state index is 13.0. The van der Waals surface area contributed by atoms with Crippen LogP contribution in [0.15, 0.2) is 18.2 Å². The number of fused-ring (bicyclic) bond motifs is 1. The van der Waals surface area contributed by atoms with E-state index in [1.807, 2.05) is 0 Å². The van der Waals surface area contributed by atoms with Gasteiger partial charge in [-0.15, -0.1) is 0 Å². The standard InChI is InChI=1S/C11H10BrFO3/c1-6(14)16-11-8-3-2-7(13)4-10(8)15-5-9(11)12/h2-4,9,11H,5H2,1H3/t9-,11+/m1/s1. The van der Waals surface area contributed by atoms with Crippen molar-refractivity contribution >= 4 is 21.9 Å². The van der Waals surface area contributed by atoms with Crippen LogP contribution in [0, 0.1) is 5.82 Å². The van der Waals surface area contributed by atoms with Gasteiger partial charge in [-0.05, 0) is 12.1 Å². The van der Waals surface area contributed by atoms with Gasteiger partial charge in [0, 0.05) is 18.6 Å². The summed E-state index contributed by atoms with van der Waals surface area (Å²) in [7, 11) is 0. The van der Waals surface area contributed by atoms with Crippen molar-refractivity contribution in [3.8, 4) is 5.75 Å². The van der Waals surface area contributed by atoms with Crippen LogP contribution in [0.3, 0.4) is 0 Å². The number of alkyl halides is 1. The molecule has 0 aromatic heterocycles. The monoisotopic (exact) mass is 288 g/mol. The lowest BCUT2D eigenvalue weighted by Crippen LogP contribution is -2.29. The number of ether oxygens (including phenoxy) is 2. The minimum Gasteiger partial charge on any atom is -0.492 e. The summed E-state index contributed by atoms with van der Waals surface area (Å²) in [4.78, 5) is 10.9. The van der Waals surface area contributed by atoms with Crippen molar-refractivity contribution in [2.75, 3.05) is 6.61 Å². The molecule has 0 unspecified atom stereocenters. The van der Waals surface area contributed by atoms with Gasteiger partial charge >= 0.3 is 5.97 Å². The molecule has 0 aliphatic carbocycles. The van der Waals surface area contributed by atoms with Crippen molar-refractivity contribution in [3.05, 3.63) is 29.6 Å². The van der Waals surface area contributed by atoms with Gasteiger partial charge in [-0.25, -0.2) is 4.39 Å². The lowest BCUT2D eigenvalue weighted by molar-refractivity contribution is -0.147. The molecule has 1 aromatic carbocycles. The summed E-state index contributed by atoms with van der Waals surface area (Å²) in [5.74, 6) is -0.304. The fraction of sp³-hybridized carbons (Fsp3) is 0.364. The number of hydrogen-bond donors (Lipinski definition) is 0. The van der Waals surface area contributed by atoms with Crippen LogP contribution >= 0.6 is 15.9 Å². The van der Waals surface area contributed by atoms with Gasteiger partial charge in [0.15, 0.2) is 0 Å². The zero-order valence-electron chi connectivity index (χ0n) is 8.57. The quantitative estimate of drug-likeness (QED) is 0.589.